The van der Waals surface area contributed by atoms with E-state index in [1.165, 1.54) is 23.9 Å². The van der Waals surface area contributed by atoms with Crippen molar-refractivity contribution in [3.05, 3.63) is 58.4 Å². The minimum absolute atomic E-state index is 0.0877. The third-order valence-electron chi connectivity index (χ3n) is 5.88. The zero-order valence-electron chi connectivity index (χ0n) is 17.2. The number of nitrogens with zero attached hydrogens (tertiary/aromatic N) is 2. The van der Waals surface area contributed by atoms with Crippen LogP contribution >= 0.6 is 11.6 Å². The van der Waals surface area contributed by atoms with Gasteiger partial charge in [-0.2, -0.15) is 13.2 Å². The molecular formula is C22H22ClF3N4O2. The van der Waals surface area contributed by atoms with Gasteiger partial charge in [0.15, 0.2) is 6.04 Å². The Hall–Kier alpha value is -2.81. The van der Waals surface area contributed by atoms with Crippen LogP contribution in [0.5, 0.6) is 0 Å². The van der Waals surface area contributed by atoms with Gasteiger partial charge < -0.3 is 15.5 Å². The van der Waals surface area contributed by atoms with Crippen LogP contribution in [-0.4, -0.2) is 47.0 Å². The molecule has 32 heavy (non-hydrogen) atoms. The van der Waals surface area contributed by atoms with Gasteiger partial charge in [-0.1, -0.05) is 17.7 Å². The highest BCUT2D eigenvalue weighted by Crippen LogP contribution is 2.37. The Bertz CT molecular complexity index is 1030. The molecular weight excluding hydrogens is 445 g/mol. The number of benzene rings is 1. The molecule has 2 amide bonds. The normalized spacial score (nSPS) is 21.1. The number of nitrogens with one attached hydrogen (secondary N) is 2. The molecule has 1 aromatic heterocycles. The van der Waals surface area contributed by atoms with Gasteiger partial charge in [-0.25, -0.2) is 0 Å². The maximum Gasteiger partial charge on any atom is 0.414 e. The van der Waals surface area contributed by atoms with Crippen LogP contribution in [-0.2, 0) is 22.4 Å². The number of hydrogen-bond donors (Lipinski definition) is 2. The van der Waals surface area contributed by atoms with E-state index < -0.39 is 24.2 Å². The number of carbonyl (C=O) groups excluding carboxylic acids is 2. The van der Waals surface area contributed by atoms with Crippen LogP contribution < -0.4 is 10.6 Å². The van der Waals surface area contributed by atoms with Crippen LogP contribution in [0, 0.1) is 0 Å². The first-order valence-electron chi connectivity index (χ1n) is 10.2. The first kappa shape index (κ1) is 22.4. The second kappa shape index (κ2) is 8.61. The number of carbonyl (C=O) groups is 2. The summed E-state index contributed by atoms with van der Waals surface area (Å²) in [5, 5.41) is 6.39. The lowest BCUT2D eigenvalue weighted by atomic mass is 10.1. The fraction of sp³-hybridized carbons (Fsp3) is 0.409. The topological polar surface area (TPSA) is 74.3 Å². The van der Waals surface area contributed by atoms with Gasteiger partial charge in [0, 0.05) is 24.5 Å². The van der Waals surface area contributed by atoms with Gasteiger partial charge in [0.1, 0.15) is 6.04 Å². The minimum atomic E-state index is -4.72. The number of fused-ring (bicyclic) bond motifs is 1. The van der Waals surface area contributed by atoms with Gasteiger partial charge >= 0.3 is 6.18 Å². The van der Waals surface area contributed by atoms with Crippen molar-refractivity contribution in [3.8, 4) is 0 Å². The molecule has 1 aromatic carbocycles. The first-order chi connectivity index (χ1) is 15.1. The zero-order valence-corrected chi connectivity index (χ0v) is 18.0. The molecule has 1 fully saturated rings. The lowest BCUT2D eigenvalue weighted by molar-refractivity contribution is -0.190. The number of aromatic nitrogens is 1. The number of hydrogen-bond acceptors (Lipinski definition) is 4. The third kappa shape index (κ3) is 4.67. The maximum atomic E-state index is 13.8. The van der Waals surface area contributed by atoms with Crippen LogP contribution in [0.2, 0.25) is 5.02 Å². The third-order valence-corrected chi connectivity index (χ3v) is 6.11. The molecule has 1 saturated heterocycles. The Labute approximate surface area is 188 Å². The predicted molar refractivity (Wildman–Crippen MR) is 113 cm³/mol. The van der Waals surface area contributed by atoms with E-state index >= 15 is 0 Å². The molecule has 0 saturated carbocycles. The Morgan fingerprint density at radius 2 is 2.00 bits per heavy atom. The molecule has 0 unspecified atom stereocenters. The van der Waals surface area contributed by atoms with Crippen LogP contribution in [0.15, 0.2) is 36.5 Å². The first-order valence-corrected chi connectivity index (χ1v) is 10.6. The molecule has 2 heterocycles. The quantitative estimate of drug-likeness (QED) is 0.705. The van der Waals surface area contributed by atoms with Crippen molar-refractivity contribution in [2.75, 3.05) is 12.4 Å². The molecule has 170 valence electrons. The van der Waals surface area contributed by atoms with Gasteiger partial charge in [-0.15, -0.1) is 0 Å². The van der Waals surface area contributed by atoms with Crippen molar-refractivity contribution in [2.45, 2.75) is 50.0 Å². The van der Waals surface area contributed by atoms with E-state index in [-0.39, 0.29) is 30.5 Å². The maximum absolute atomic E-state index is 13.8. The van der Waals surface area contributed by atoms with Crippen molar-refractivity contribution in [2.24, 2.45) is 0 Å². The van der Waals surface area contributed by atoms with E-state index in [4.69, 9.17) is 11.6 Å². The molecule has 6 nitrogen and oxygen atoms in total. The number of alkyl halides is 3. The summed E-state index contributed by atoms with van der Waals surface area (Å²) in [4.78, 5) is 28.5. The Morgan fingerprint density at radius 3 is 2.62 bits per heavy atom. The van der Waals surface area contributed by atoms with Crippen LogP contribution in [0.3, 0.4) is 0 Å². The monoisotopic (exact) mass is 466 g/mol. The number of pyridine rings is 1. The molecule has 0 radical (unpaired) electrons. The average molecular weight is 467 g/mol. The lowest BCUT2D eigenvalue weighted by Gasteiger charge is -2.31. The molecule has 0 bridgehead atoms. The minimum Gasteiger partial charge on any atom is -0.380 e. The smallest absolute Gasteiger partial charge is 0.380 e. The van der Waals surface area contributed by atoms with E-state index in [9.17, 15) is 22.8 Å². The molecule has 10 heteroatoms. The molecule has 2 N–H and O–H groups in total. The SMILES string of the molecule is CN(C(=O)[C@@H]1CCC(=O)N1)[C@@H](c1ccc(N[C@H]2Cc3ccc(Cl)cc3C2)cn1)C(F)(F)F. The summed E-state index contributed by atoms with van der Waals surface area (Å²) in [6.45, 7) is 0. The molecule has 3 atom stereocenters. The van der Waals surface area contributed by atoms with Gasteiger partial charge in [0.05, 0.1) is 17.6 Å². The zero-order chi connectivity index (χ0) is 23.0. The Morgan fingerprint density at radius 1 is 1.25 bits per heavy atom. The summed E-state index contributed by atoms with van der Waals surface area (Å²) < 4.78 is 41.5. The van der Waals surface area contributed by atoms with Gasteiger partial charge in [0.2, 0.25) is 11.8 Å². The fourth-order valence-corrected chi connectivity index (χ4v) is 4.53. The van der Waals surface area contributed by atoms with E-state index in [1.807, 2.05) is 18.2 Å². The van der Waals surface area contributed by atoms with Crippen molar-refractivity contribution in [1.82, 2.24) is 15.2 Å². The lowest BCUT2D eigenvalue weighted by Crippen LogP contribution is -2.47. The summed E-state index contributed by atoms with van der Waals surface area (Å²) in [6.07, 6.45) is -1.54. The Kier molecular flexibility index (Phi) is 6.03. The van der Waals surface area contributed by atoms with Crippen LogP contribution in [0.1, 0.15) is 35.7 Å². The summed E-state index contributed by atoms with van der Waals surface area (Å²) in [5.74, 6) is -1.13. The van der Waals surface area contributed by atoms with Crippen LogP contribution in [0.25, 0.3) is 0 Å². The molecule has 2 aliphatic rings. The number of rotatable bonds is 5. The van der Waals surface area contributed by atoms with Crippen LogP contribution in [0.4, 0.5) is 18.9 Å². The van der Waals surface area contributed by atoms with E-state index in [0.717, 1.165) is 25.5 Å². The summed E-state index contributed by atoms with van der Waals surface area (Å²) in [5.41, 5.74) is 2.64. The highest BCUT2D eigenvalue weighted by Gasteiger charge is 2.47. The summed E-state index contributed by atoms with van der Waals surface area (Å²) in [6, 6.07) is 5.48. The molecule has 1 aliphatic heterocycles. The van der Waals surface area contributed by atoms with Crippen molar-refractivity contribution >= 4 is 29.1 Å². The summed E-state index contributed by atoms with van der Waals surface area (Å²) in [7, 11) is 1.08. The Balaban J connectivity index is 1.47. The molecule has 4 rings (SSSR count). The van der Waals surface area contributed by atoms with Crippen molar-refractivity contribution < 1.29 is 22.8 Å². The van der Waals surface area contributed by atoms with Crippen molar-refractivity contribution in [3.63, 3.8) is 0 Å². The number of anilines is 1. The number of halogens is 4. The number of likely N-dealkylation sites (N-methyl/N-ethyl adjacent to an activating group) is 1. The van der Waals surface area contributed by atoms with E-state index in [2.05, 4.69) is 15.6 Å². The summed E-state index contributed by atoms with van der Waals surface area (Å²) >= 11 is 6.04. The number of amides is 2. The molecule has 2 aromatic rings. The van der Waals surface area contributed by atoms with Gasteiger partial charge in [-0.3, -0.25) is 14.6 Å². The average Bonchev–Trinajstić information content (AvgIpc) is 3.33. The highest BCUT2D eigenvalue weighted by molar-refractivity contribution is 6.30. The standard InChI is InChI=1S/C22H22ClF3N4O2/c1-30(21(32)18-6-7-19(31)29-18)20(22(24,25)26)17-5-4-15(11-27-17)28-16-9-12-2-3-14(23)8-13(12)10-16/h2-5,8,11,16,18,20,28H,6-7,9-10H2,1H3,(H,29,31)/t16-,18-,20-/m0/s1. The second-order valence-corrected chi connectivity index (χ2v) is 8.62. The highest BCUT2D eigenvalue weighted by atomic mass is 35.5. The van der Waals surface area contributed by atoms with Crippen molar-refractivity contribution in [1.29, 1.82) is 0 Å². The van der Waals surface area contributed by atoms with Gasteiger partial charge in [0.25, 0.3) is 0 Å². The van der Waals surface area contributed by atoms with E-state index in [0.29, 0.717) is 15.6 Å². The fourth-order valence-electron chi connectivity index (χ4n) is 4.33. The largest absolute Gasteiger partial charge is 0.414 e. The molecule has 1 aliphatic carbocycles. The second-order valence-electron chi connectivity index (χ2n) is 8.19. The van der Waals surface area contributed by atoms with Gasteiger partial charge in [-0.05, 0) is 54.7 Å². The predicted octanol–water partition coefficient (Wildman–Crippen LogP) is 3.65. The molecule has 0 spiro atoms. The van der Waals surface area contributed by atoms with E-state index in [1.54, 1.807) is 0 Å².